The molecule has 0 unspecified atom stereocenters. The summed E-state index contributed by atoms with van der Waals surface area (Å²) in [6, 6.07) is 8.69. The number of carbonyl (C=O) groups excluding carboxylic acids is 2. The minimum atomic E-state index is -1.67. The summed E-state index contributed by atoms with van der Waals surface area (Å²) in [5.74, 6) is -0.141. The number of aliphatic imine (C=N–C) groups is 2. The first kappa shape index (κ1) is 30.5. The second-order valence-electron chi connectivity index (χ2n) is 10.4. The fourth-order valence-electron chi connectivity index (χ4n) is 5.04. The van der Waals surface area contributed by atoms with E-state index in [1.54, 1.807) is 24.0 Å². The van der Waals surface area contributed by atoms with Gasteiger partial charge >= 0.3 is 0 Å². The van der Waals surface area contributed by atoms with Crippen molar-refractivity contribution in [1.29, 1.82) is 5.26 Å². The minimum Gasteiger partial charge on any atom is -0.378 e. The number of ether oxygens (including phenoxy) is 1. The zero-order chi connectivity index (χ0) is 30.3. The first-order chi connectivity index (χ1) is 20.2. The Bertz CT molecular complexity index is 1430. The molecule has 11 heteroatoms. The van der Waals surface area contributed by atoms with Crippen LogP contribution in [-0.4, -0.2) is 78.7 Å². The van der Waals surface area contributed by atoms with Crippen LogP contribution in [0.2, 0.25) is 0 Å². The SMILES string of the molecule is C=N/C(=N\C=C(/C)C(=O)Nc1cc(C(=O)N2CCC(F)(c3ccc(C#N)cn3)CC2)c(C)cc1CC)N1CCOCC1. The first-order valence-corrected chi connectivity index (χ1v) is 14.0. The van der Waals surface area contributed by atoms with E-state index < -0.39 is 5.67 Å². The molecule has 1 aromatic carbocycles. The van der Waals surface area contributed by atoms with Gasteiger partial charge in [0.2, 0.25) is 5.96 Å². The topological polar surface area (TPSA) is 123 Å². The molecule has 2 aliphatic heterocycles. The van der Waals surface area contributed by atoms with E-state index in [0.29, 0.717) is 61.1 Å². The van der Waals surface area contributed by atoms with Gasteiger partial charge in [-0.1, -0.05) is 13.0 Å². The van der Waals surface area contributed by atoms with Crippen molar-refractivity contribution in [2.45, 2.75) is 45.7 Å². The van der Waals surface area contributed by atoms with Gasteiger partial charge in [0.1, 0.15) is 6.07 Å². The molecule has 0 bridgehead atoms. The van der Waals surface area contributed by atoms with E-state index in [-0.39, 0.29) is 43.4 Å². The molecular formula is C31H36FN7O3. The van der Waals surface area contributed by atoms with Crippen LogP contribution in [-0.2, 0) is 21.6 Å². The van der Waals surface area contributed by atoms with Gasteiger partial charge in [-0.25, -0.2) is 14.4 Å². The quantitative estimate of drug-likeness (QED) is 0.315. The van der Waals surface area contributed by atoms with Crippen LogP contribution in [0.5, 0.6) is 0 Å². The molecule has 3 heterocycles. The molecule has 220 valence electrons. The summed E-state index contributed by atoms with van der Waals surface area (Å²) in [5.41, 5.74) is 2.02. The fraction of sp³-hybridized carbons (Fsp3) is 0.419. The summed E-state index contributed by atoms with van der Waals surface area (Å²) in [4.78, 5) is 42.7. The summed E-state index contributed by atoms with van der Waals surface area (Å²) in [7, 11) is 0. The number of pyridine rings is 1. The molecule has 2 saturated heterocycles. The second-order valence-corrected chi connectivity index (χ2v) is 10.4. The highest BCUT2D eigenvalue weighted by atomic mass is 19.1. The third-order valence-electron chi connectivity index (χ3n) is 7.67. The molecule has 4 rings (SSSR count). The van der Waals surface area contributed by atoms with Crippen LogP contribution in [0.4, 0.5) is 10.1 Å². The number of halogens is 1. The fourth-order valence-corrected chi connectivity index (χ4v) is 5.04. The maximum absolute atomic E-state index is 15.7. The van der Waals surface area contributed by atoms with Crippen molar-refractivity contribution < 1.29 is 18.7 Å². The van der Waals surface area contributed by atoms with Gasteiger partial charge in [-0.15, -0.1) is 0 Å². The number of nitrogens with zero attached hydrogens (tertiary/aromatic N) is 6. The molecule has 10 nitrogen and oxygen atoms in total. The third kappa shape index (κ3) is 6.89. The number of guanidine groups is 1. The van der Waals surface area contributed by atoms with Crippen LogP contribution in [0, 0.1) is 18.3 Å². The highest BCUT2D eigenvalue weighted by Crippen LogP contribution is 2.36. The molecule has 0 spiro atoms. The Morgan fingerprint density at radius 3 is 2.52 bits per heavy atom. The Balaban J connectivity index is 1.47. The molecule has 2 amide bonds. The molecule has 2 aromatic rings. The monoisotopic (exact) mass is 573 g/mol. The van der Waals surface area contributed by atoms with Crippen LogP contribution in [0.3, 0.4) is 0 Å². The second kappa shape index (κ2) is 13.5. The molecule has 42 heavy (non-hydrogen) atoms. The lowest BCUT2D eigenvalue weighted by molar-refractivity contribution is -0.112. The van der Waals surface area contributed by atoms with Crippen molar-refractivity contribution in [3.8, 4) is 6.07 Å². The van der Waals surface area contributed by atoms with Crippen molar-refractivity contribution in [2.75, 3.05) is 44.7 Å². The van der Waals surface area contributed by atoms with E-state index in [0.717, 1.165) is 11.1 Å². The number of benzene rings is 1. The Labute approximate surface area is 245 Å². The molecule has 2 aliphatic rings. The Kier molecular flexibility index (Phi) is 9.80. The number of aryl methyl sites for hydroxylation is 2. The summed E-state index contributed by atoms with van der Waals surface area (Å²) < 4.78 is 21.1. The number of amides is 2. The number of likely N-dealkylation sites (tertiary alicyclic amines) is 1. The van der Waals surface area contributed by atoms with Crippen molar-refractivity contribution in [3.05, 3.63) is 70.2 Å². The van der Waals surface area contributed by atoms with Gasteiger partial charge in [-0.05, 0) is 56.3 Å². The predicted molar refractivity (Wildman–Crippen MR) is 159 cm³/mol. The Morgan fingerprint density at radius 1 is 1.21 bits per heavy atom. The number of rotatable bonds is 6. The van der Waals surface area contributed by atoms with Crippen molar-refractivity contribution in [1.82, 2.24) is 14.8 Å². The molecule has 0 radical (unpaired) electrons. The van der Waals surface area contributed by atoms with Gasteiger partial charge in [-0.2, -0.15) is 5.26 Å². The lowest BCUT2D eigenvalue weighted by Crippen LogP contribution is -2.43. The van der Waals surface area contributed by atoms with Gasteiger partial charge in [-0.3, -0.25) is 14.6 Å². The highest BCUT2D eigenvalue weighted by molar-refractivity contribution is 6.05. The van der Waals surface area contributed by atoms with E-state index >= 15 is 4.39 Å². The van der Waals surface area contributed by atoms with E-state index in [9.17, 15) is 9.59 Å². The average Bonchev–Trinajstić information content (AvgIpc) is 3.02. The van der Waals surface area contributed by atoms with Crippen molar-refractivity contribution in [2.24, 2.45) is 9.98 Å². The van der Waals surface area contributed by atoms with Gasteiger partial charge in [0.05, 0.1) is 24.5 Å². The number of carbonyl (C=O) groups is 2. The predicted octanol–water partition coefficient (Wildman–Crippen LogP) is 4.16. The van der Waals surface area contributed by atoms with Crippen molar-refractivity contribution >= 4 is 30.2 Å². The smallest absolute Gasteiger partial charge is 0.254 e. The number of nitrogens with one attached hydrogen (secondary N) is 1. The molecule has 0 aliphatic carbocycles. The molecule has 0 atom stereocenters. The van der Waals surface area contributed by atoms with Crippen molar-refractivity contribution in [3.63, 3.8) is 0 Å². The number of piperidine rings is 1. The van der Waals surface area contributed by atoms with E-state index in [1.165, 1.54) is 18.5 Å². The standard InChI is InChI=1S/C31H36FN7O3/c1-5-24-16-21(2)25(29(41)38-10-8-31(32,9-11-38)27-7-6-23(18-33)20-35-27)17-26(24)37-28(40)22(3)19-36-30(34-4)39-12-14-42-15-13-39/h6-7,16-17,19-20H,4-5,8-15H2,1-3H3,(H,37,40)/b22-19+,36-30+. The van der Waals surface area contributed by atoms with Crippen LogP contribution in [0.25, 0.3) is 0 Å². The third-order valence-corrected chi connectivity index (χ3v) is 7.67. The Hall–Kier alpha value is -4.43. The van der Waals surface area contributed by atoms with E-state index in [2.05, 4.69) is 27.0 Å². The molecule has 1 aromatic heterocycles. The maximum Gasteiger partial charge on any atom is 0.254 e. The van der Waals surface area contributed by atoms with Gasteiger partial charge in [0.15, 0.2) is 5.67 Å². The zero-order valence-electron chi connectivity index (χ0n) is 24.3. The number of hydrogen-bond donors (Lipinski definition) is 1. The lowest BCUT2D eigenvalue weighted by atomic mass is 9.89. The Morgan fingerprint density at radius 2 is 1.93 bits per heavy atom. The van der Waals surface area contributed by atoms with Gasteiger partial charge in [0.25, 0.3) is 11.8 Å². The van der Waals surface area contributed by atoms with Crippen LogP contribution >= 0.6 is 0 Å². The van der Waals surface area contributed by atoms with Crippen LogP contribution in [0.15, 0.2) is 52.2 Å². The molecule has 1 N–H and O–H groups in total. The number of morpholine rings is 1. The van der Waals surface area contributed by atoms with Crippen LogP contribution in [0.1, 0.15) is 59.4 Å². The number of alkyl halides is 1. The largest absolute Gasteiger partial charge is 0.378 e. The normalized spacial score (nSPS) is 17.4. The van der Waals surface area contributed by atoms with Crippen LogP contribution < -0.4 is 5.32 Å². The van der Waals surface area contributed by atoms with E-state index in [1.807, 2.05) is 30.9 Å². The average molecular weight is 574 g/mol. The van der Waals surface area contributed by atoms with E-state index in [4.69, 9.17) is 10.00 Å². The first-order valence-electron chi connectivity index (χ1n) is 14.0. The summed E-state index contributed by atoms with van der Waals surface area (Å²) in [5, 5.41) is 11.9. The molecule has 0 saturated carbocycles. The summed E-state index contributed by atoms with van der Waals surface area (Å²) in [6.07, 6.45) is 3.68. The zero-order valence-corrected chi connectivity index (χ0v) is 24.3. The lowest BCUT2D eigenvalue weighted by Gasteiger charge is -2.36. The summed E-state index contributed by atoms with van der Waals surface area (Å²) >= 11 is 0. The van der Waals surface area contributed by atoms with Gasteiger partial charge < -0.3 is 19.9 Å². The summed E-state index contributed by atoms with van der Waals surface area (Å²) in [6.45, 7) is 12.0. The maximum atomic E-state index is 15.7. The number of nitriles is 1. The number of aromatic nitrogens is 1. The molecule has 2 fully saturated rings. The minimum absolute atomic E-state index is 0.101. The number of hydrogen-bond acceptors (Lipinski definition) is 6. The van der Waals surface area contributed by atoms with Gasteiger partial charge in [0, 0.05) is 68.2 Å². The molecular weight excluding hydrogens is 537 g/mol. The highest BCUT2D eigenvalue weighted by Gasteiger charge is 2.39. The number of anilines is 1.